The first kappa shape index (κ1) is 15.3. The van der Waals surface area contributed by atoms with Gasteiger partial charge in [-0.3, -0.25) is 9.48 Å². The van der Waals surface area contributed by atoms with Gasteiger partial charge in [-0.1, -0.05) is 13.3 Å². The molecule has 1 aromatic rings. The first-order chi connectivity index (χ1) is 8.95. The monoisotopic (exact) mass is 267 g/mol. The van der Waals surface area contributed by atoms with Crippen molar-refractivity contribution in [3.05, 3.63) is 5.69 Å². The van der Waals surface area contributed by atoms with Gasteiger partial charge < -0.3 is 16.4 Å². The summed E-state index contributed by atoms with van der Waals surface area (Å²) in [5, 5.41) is 10.4. The van der Waals surface area contributed by atoms with Gasteiger partial charge in [-0.15, -0.1) is 0 Å². The lowest BCUT2D eigenvalue weighted by Crippen LogP contribution is -2.31. The van der Waals surface area contributed by atoms with Crippen LogP contribution in [0.25, 0.3) is 0 Å². The third-order valence-electron chi connectivity index (χ3n) is 2.74. The Morgan fingerprint density at radius 3 is 2.74 bits per heavy atom. The molecule has 0 radical (unpaired) electrons. The van der Waals surface area contributed by atoms with Gasteiger partial charge in [-0.25, -0.2) is 0 Å². The van der Waals surface area contributed by atoms with Crippen molar-refractivity contribution in [2.45, 2.75) is 46.1 Å². The summed E-state index contributed by atoms with van der Waals surface area (Å²) in [4.78, 5) is 11.5. The molecule has 1 aromatic heterocycles. The van der Waals surface area contributed by atoms with E-state index in [-0.39, 0.29) is 11.9 Å². The molecule has 6 nitrogen and oxygen atoms in total. The van der Waals surface area contributed by atoms with E-state index in [1.807, 2.05) is 20.9 Å². The molecule has 0 spiro atoms. The minimum atomic E-state index is 0.0389. The van der Waals surface area contributed by atoms with E-state index in [0.29, 0.717) is 18.7 Å². The third kappa shape index (κ3) is 4.46. The number of nitrogens with two attached hydrogens (primary N) is 1. The van der Waals surface area contributed by atoms with Crippen molar-refractivity contribution in [3.63, 3.8) is 0 Å². The van der Waals surface area contributed by atoms with Crippen LogP contribution in [-0.2, 0) is 18.3 Å². The molecule has 1 rings (SSSR count). The number of hydrogen-bond donors (Lipinski definition) is 3. The number of carbonyl (C=O) groups is 1. The lowest BCUT2D eigenvalue weighted by atomic mass is 10.2. The van der Waals surface area contributed by atoms with E-state index in [2.05, 4.69) is 22.7 Å². The molecule has 0 aromatic carbocycles. The van der Waals surface area contributed by atoms with Crippen molar-refractivity contribution >= 4 is 17.4 Å². The maximum Gasteiger partial charge on any atom is 0.221 e. The Balaban J connectivity index is 2.51. The average Bonchev–Trinajstić information content (AvgIpc) is 2.56. The highest BCUT2D eigenvalue weighted by Crippen LogP contribution is 2.22. The van der Waals surface area contributed by atoms with E-state index >= 15 is 0 Å². The number of amides is 1. The zero-order valence-corrected chi connectivity index (χ0v) is 12.3. The average molecular weight is 267 g/mol. The molecule has 0 aliphatic carbocycles. The summed E-state index contributed by atoms with van der Waals surface area (Å²) in [5.74, 6) is 0.831. The van der Waals surface area contributed by atoms with Crippen molar-refractivity contribution in [1.29, 1.82) is 0 Å². The molecule has 1 heterocycles. The van der Waals surface area contributed by atoms with Gasteiger partial charge in [-0.05, 0) is 20.3 Å². The molecular formula is C13H25N5O. The Morgan fingerprint density at radius 2 is 2.16 bits per heavy atom. The number of carbonyl (C=O) groups excluding carboxylic acids is 1. The van der Waals surface area contributed by atoms with E-state index in [0.717, 1.165) is 24.4 Å². The number of anilines is 2. The zero-order chi connectivity index (χ0) is 14.4. The predicted molar refractivity (Wildman–Crippen MR) is 78.0 cm³/mol. The smallest absolute Gasteiger partial charge is 0.221 e. The summed E-state index contributed by atoms with van der Waals surface area (Å²) < 4.78 is 1.74. The van der Waals surface area contributed by atoms with Gasteiger partial charge in [0.2, 0.25) is 5.91 Å². The Labute approximate surface area is 114 Å². The first-order valence-electron chi connectivity index (χ1n) is 6.80. The zero-order valence-electron chi connectivity index (χ0n) is 12.3. The molecule has 19 heavy (non-hydrogen) atoms. The fraction of sp³-hybridized carbons (Fsp3) is 0.692. The third-order valence-corrected chi connectivity index (χ3v) is 2.74. The molecule has 0 aliphatic rings. The highest BCUT2D eigenvalue weighted by atomic mass is 16.1. The number of nitrogen functional groups attached to an aromatic ring is 1. The summed E-state index contributed by atoms with van der Waals surface area (Å²) in [6.45, 7) is 6.54. The Morgan fingerprint density at radius 1 is 1.47 bits per heavy atom. The standard InChI is InChI=1S/C13H25N5O/c1-5-6-10-12(14)13(18(4)17-10)15-8-7-11(19)16-9(2)3/h9,15H,5-8,14H2,1-4H3,(H,16,19). The van der Waals surface area contributed by atoms with Crippen LogP contribution in [-0.4, -0.2) is 28.3 Å². The van der Waals surface area contributed by atoms with Crippen LogP contribution >= 0.6 is 0 Å². The van der Waals surface area contributed by atoms with E-state index in [1.165, 1.54) is 0 Å². The molecule has 4 N–H and O–H groups in total. The highest BCUT2D eigenvalue weighted by molar-refractivity contribution is 5.77. The van der Waals surface area contributed by atoms with E-state index in [9.17, 15) is 4.79 Å². The Bertz CT molecular complexity index is 425. The second-order valence-electron chi connectivity index (χ2n) is 4.98. The number of hydrogen-bond acceptors (Lipinski definition) is 4. The van der Waals surface area contributed by atoms with Crippen molar-refractivity contribution in [2.75, 3.05) is 17.6 Å². The van der Waals surface area contributed by atoms with E-state index in [1.54, 1.807) is 4.68 Å². The van der Waals surface area contributed by atoms with Crippen LogP contribution in [0.2, 0.25) is 0 Å². The van der Waals surface area contributed by atoms with Crippen LogP contribution in [0.3, 0.4) is 0 Å². The Kier molecular flexibility index (Phi) is 5.66. The number of aromatic nitrogens is 2. The van der Waals surface area contributed by atoms with Crippen LogP contribution in [0.4, 0.5) is 11.5 Å². The van der Waals surface area contributed by atoms with Gasteiger partial charge in [0.25, 0.3) is 0 Å². The van der Waals surface area contributed by atoms with Crippen LogP contribution in [0, 0.1) is 0 Å². The van der Waals surface area contributed by atoms with Crippen molar-refractivity contribution in [1.82, 2.24) is 15.1 Å². The van der Waals surface area contributed by atoms with Crippen molar-refractivity contribution < 1.29 is 4.79 Å². The summed E-state index contributed by atoms with van der Waals surface area (Å²) >= 11 is 0. The summed E-state index contributed by atoms with van der Waals surface area (Å²) in [7, 11) is 1.85. The maximum atomic E-state index is 11.5. The predicted octanol–water partition coefficient (Wildman–Crippen LogP) is 1.28. The van der Waals surface area contributed by atoms with E-state index < -0.39 is 0 Å². The van der Waals surface area contributed by atoms with Crippen molar-refractivity contribution in [2.24, 2.45) is 7.05 Å². The van der Waals surface area contributed by atoms with Gasteiger partial charge >= 0.3 is 0 Å². The van der Waals surface area contributed by atoms with Crippen LogP contribution < -0.4 is 16.4 Å². The molecule has 6 heteroatoms. The van der Waals surface area contributed by atoms with Gasteiger partial charge in [-0.2, -0.15) is 5.10 Å². The van der Waals surface area contributed by atoms with Crippen LogP contribution in [0.1, 0.15) is 39.3 Å². The van der Waals surface area contributed by atoms with Gasteiger partial charge in [0.15, 0.2) is 0 Å². The number of rotatable bonds is 7. The minimum absolute atomic E-state index is 0.0389. The summed E-state index contributed by atoms with van der Waals surface area (Å²) in [6.07, 6.45) is 2.30. The highest BCUT2D eigenvalue weighted by Gasteiger charge is 2.12. The second-order valence-corrected chi connectivity index (χ2v) is 4.98. The first-order valence-corrected chi connectivity index (χ1v) is 6.80. The van der Waals surface area contributed by atoms with Gasteiger partial charge in [0.1, 0.15) is 5.82 Å². The molecule has 108 valence electrons. The second kappa shape index (κ2) is 7.01. The van der Waals surface area contributed by atoms with Crippen molar-refractivity contribution in [3.8, 4) is 0 Å². The largest absolute Gasteiger partial charge is 0.394 e. The lowest BCUT2D eigenvalue weighted by Gasteiger charge is -2.10. The fourth-order valence-corrected chi connectivity index (χ4v) is 1.92. The SMILES string of the molecule is CCCc1nn(C)c(NCCC(=O)NC(C)C)c1N. The quantitative estimate of drug-likeness (QED) is 0.695. The molecule has 0 fully saturated rings. The summed E-state index contributed by atoms with van der Waals surface area (Å²) in [5.41, 5.74) is 7.65. The summed E-state index contributed by atoms with van der Waals surface area (Å²) in [6, 6.07) is 0.172. The molecule has 0 aliphatic heterocycles. The number of nitrogens with one attached hydrogen (secondary N) is 2. The molecular weight excluding hydrogens is 242 g/mol. The maximum absolute atomic E-state index is 11.5. The van der Waals surface area contributed by atoms with E-state index in [4.69, 9.17) is 5.73 Å². The fourth-order valence-electron chi connectivity index (χ4n) is 1.92. The minimum Gasteiger partial charge on any atom is -0.394 e. The lowest BCUT2D eigenvalue weighted by molar-refractivity contribution is -0.121. The molecule has 0 unspecified atom stereocenters. The topological polar surface area (TPSA) is 85.0 Å². The number of aryl methyl sites for hydroxylation is 2. The number of nitrogens with zero attached hydrogens (tertiary/aromatic N) is 2. The molecule has 0 bridgehead atoms. The molecule has 1 amide bonds. The molecule has 0 saturated heterocycles. The van der Waals surface area contributed by atoms with Gasteiger partial charge in [0.05, 0.1) is 11.4 Å². The molecule has 0 saturated carbocycles. The Hall–Kier alpha value is -1.72. The molecule has 0 atom stereocenters. The van der Waals surface area contributed by atoms with Crippen LogP contribution in [0.5, 0.6) is 0 Å². The van der Waals surface area contributed by atoms with Gasteiger partial charge in [0, 0.05) is 26.1 Å². The normalized spacial score (nSPS) is 10.8. The van der Waals surface area contributed by atoms with Crippen LogP contribution in [0.15, 0.2) is 0 Å².